The fourth-order valence-corrected chi connectivity index (χ4v) is 4.92. The van der Waals surface area contributed by atoms with E-state index in [-0.39, 0.29) is 11.9 Å². The first-order chi connectivity index (χ1) is 12.4. The molecule has 0 bridgehead atoms. The highest BCUT2D eigenvalue weighted by Gasteiger charge is 2.31. The zero-order chi connectivity index (χ0) is 18.7. The number of aryl methyl sites for hydroxylation is 2. The Morgan fingerprint density at radius 1 is 1.12 bits per heavy atom. The highest BCUT2D eigenvalue weighted by Crippen LogP contribution is 2.24. The van der Waals surface area contributed by atoms with E-state index in [0.717, 1.165) is 11.1 Å². The van der Waals surface area contributed by atoms with E-state index in [1.54, 1.807) is 30.6 Å². The Kier molecular flexibility index (Phi) is 5.38. The van der Waals surface area contributed by atoms with Gasteiger partial charge >= 0.3 is 0 Å². The largest absolute Gasteiger partial charge is 0.349 e. The lowest BCUT2D eigenvalue weighted by Crippen LogP contribution is -2.46. The molecule has 26 heavy (non-hydrogen) atoms. The van der Waals surface area contributed by atoms with Crippen molar-refractivity contribution in [3.63, 3.8) is 0 Å². The number of amides is 1. The van der Waals surface area contributed by atoms with Crippen LogP contribution >= 0.6 is 0 Å². The number of carbonyl (C=O) groups is 1. The van der Waals surface area contributed by atoms with Crippen LogP contribution in [0.25, 0.3) is 0 Å². The molecule has 0 radical (unpaired) electrons. The van der Waals surface area contributed by atoms with Gasteiger partial charge in [0.1, 0.15) is 0 Å². The van der Waals surface area contributed by atoms with E-state index in [1.807, 2.05) is 26.0 Å². The van der Waals surface area contributed by atoms with Crippen molar-refractivity contribution in [3.05, 3.63) is 59.4 Å². The second-order valence-corrected chi connectivity index (χ2v) is 8.56. The van der Waals surface area contributed by atoms with Gasteiger partial charge in [-0.25, -0.2) is 8.42 Å². The normalized spacial score (nSPS) is 16.4. The lowest BCUT2D eigenvalue weighted by Gasteiger charge is -2.32. The van der Waals surface area contributed by atoms with Crippen molar-refractivity contribution in [1.29, 1.82) is 0 Å². The first kappa shape index (κ1) is 18.5. The molecule has 2 aromatic rings. The van der Waals surface area contributed by atoms with E-state index in [9.17, 15) is 13.2 Å². The van der Waals surface area contributed by atoms with Crippen LogP contribution in [0.2, 0.25) is 0 Å². The smallest absolute Gasteiger partial charge is 0.251 e. The second kappa shape index (κ2) is 7.55. The summed E-state index contributed by atoms with van der Waals surface area (Å²) < 4.78 is 27.4. The number of sulfonamides is 1. The molecule has 0 spiro atoms. The third-order valence-corrected chi connectivity index (χ3v) is 6.73. The average Bonchev–Trinajstić information content (AvgIpc) is 2.65. The molecule has 1 N–H and O–H groups in total. The first-order valence-corrected chi connectivity index (χ1v) is 10.1. The summed E-state index contributed by atoms with van der Waals surface area (Å²) in [5.74, 6) is -0.150. The van der Waals surface area contributed by atoms with Gasteiger partial charge in [-0.1, -0.05) is 12.1 Å². The molecular formula is C19H23N3O3S. The van der Waals surface area contributed by atoms with E-state index in [2.05, 4.69) is 10.3 Å². The number of nitrogens with one attached hydrogen (secondary N) is 1. The van der Waals surface area contributed by atoms with E-state index in [0.29, 0.717) is 36.4 Å². The van der Waals surface area contributed by atoms with Crippen molar-refractivity contribution >= 4 is 15.9 Å². The van der Waals surface area contributed by atoms with Crippen LogP contribution in [-0.2, 0) is 10.0 Å². The van der Waals surface area contributed by atoms with Gasteiger partial charge in [-0.15, -0.1) is 0 Å². The summed E-state index contributed by atoms with van der Waals surface area (Å²) >= 11 is 0. The van der Waals surface area contributed by atoms with Crippen molar-refractivity contribution in [2.75, 3.05) is 13.1 Å². The third kappa shape index (κ3) is 3.94. The van der Waals surface area contributed by atoms with Gasteiger partial charge in [-0.2, -0.15) is 4.31 Å². The van der Waals surface area contributed by atoms with E-state index < -0.39 is 10.0 Å². The monoisotopic (exact) mass is 373 g/mol. The maximum absolute atomic E-state index is 12.9. The zero-order valence-corrected chi connectivity index (χ0v) is 15.8. The van der Waals surface area contributed by atoms with Crippen molar-refractivity contribution in [1.82, 2.24) is 14.6 Å². The second-order valence-electron chi connectivity index (χ2n) is 6.66. The highest BCUT2D eigenvalue weighted by molar-refractivity contribution is 7.89. The van der Waals surface area contributed by atoms with Crippen LogP contribution < -0.4 is 5.32 Å². The number of pyridine rings is 1. The van der Waals surface area contributed by atoms with Crippen LogP contribution in [0.1, 0.15) is 34.3 Å². The molecule has 1 saturated heterocycles. The topological polar surface area (TPSA) is 79.4 Å². The summed E-state index contributed by atoms with van der Waals surface area (Å²) in [6.45, 7) is 4.50. The van der Waals surface area contributed by atoms with Gasteiger partial charge in [0.05, 0.1) is 4.90 Å². The molecule has 3 rings (SSSR count). The number of hydrogen-bond acceptors (Lipinski definition) is 4. The molecular weight excluding hydrogens is 350 g/mol. The standard InChI is InChI=1S/C19H23N3O3S/c1-14-3-4-15(2)18(13-14)26(24,25)22-11-7-17(8-12-22)21-19(23)16-5-9-20-10-6-16/h3-6,9-10,13,17H,7-8,11-12H2,1-2H3,(H,21,23). The van der Waals surface area contributed by atoms with E-state index in [1.165, 1.54) is 4.31 Å². The molecule has 1 aromatic carbocycles. The lowest BCUT2D eigenvalue weighted by atomic mass is 10.1. The number of benzene rings is 1. The van der Waals surface area contributed by atoms with Crippen molar-refractivity contribution in [2.24, 2.45) is 0 Å². The first-order valence-electron chi connectivity index (χ1n) is 8.66. The summed E-state index contributed by atoms with van der Waals surface area (Å²) in [4.78, 5) is 16.5. The van der Waals surface area contributed by atoms with Gasteiger partial charge in [0, 0.05) is 37.1 Å². The van der Waals surface area contributed by atoms with Gasteiger partial charge < -0.3 is 5.32 Å². The molecule has 1 fully saturated rings. The minimum atomic E-state index is -3.51. The van der Waals surface area contributed by atoms with Gasteiger partial charge in [-0.05, 0) is 56.0 Å². The number of carbonyl (C=O) groups excluding carboxylic acids is 1. The van der Waals surface area contributed by atoms with Gasteiger partial charge in [0.25, 0.3) is 5.91 Å². The minimum Gasteiger partial charge on any atom is -0.349 e. The SMILES string of the molecule is Cc1ccc(C)c(S(=O)(=O)N2CCC(NC(=O)c3ccncc3)CC2)c1. The lowest BCUT2D eigenvalue weighted by molar-refractivity contribution is 0.0923. The molecule has 1 aliphatic heterocycles. The Labute approximate surface area is 154 Å². The van der Waals surface area contributed by atoms with Crippen LogP contribution in [0.15, 0.2) is 47.6 Å². The van der Waals surface area contributed by atoms with Crippen molar-refractivity contribution in [2.45, 2.75) is 37.6 Å². The number of nitrogens with zero attached hydrogens (tertiary/aromatic N) is 2. The predicted octanol–water partition coefficient (Wildman–Crippen LogP) is 2.28. The predicted molar refractivity (Wildman–Crippen MR) is 99.4 cm³/mol. The van der Waals surface area contributed by atoms with E-state index in [4.69, 9.17) is 0 Å². The quantitative estimate of drug-likeness (QED) is 0.892. The minimum absolute atomic E-state index is 0.0271. The summed E-state index contributed by atoms with van der Waals surface area (Å²) in [5.41, 5.74) is 2.24. The Morgan fingerprint density at radius 3 is 2.42 bits per heavy atom. The number of piperidine rings is 1. The van der Waals surface area contributed by atoms with Crippen LogP contribution in [0.3, 0.4) is 0 Å². The summed E-state index contributed by atoms with van der Waals surface area (Å²) in [6.07, 6.45) is 4.35. The number of aromatic nitrogens is 1. The molecule has 0 atom stereocenters. The molecule has 1 aliphatic rings. The molecule has 1 amide bonds. The van der Waals surface area contributed by atoms with Crippen LogP contribution in [0, 0.1) is 13.8 Å². The van der Waals surface area contributed by atoms with E-state index >= 15 is 0 Å². The fourth-order valence-electron chi connectivity index (χ4n) is 3.14. The van der Waals surface area contributed by atoms with Gasteiger partial charge in [0.2, 0.25) is 10.0 Å². The average molecular weight is 373 g/mol. The molecule has 0 aliphatic carbocycles. The maximum Gasteiger partial charge on any atom is 0.251 e. The molecule has 2 heterocycles. The summed E-state index contributed by atoms with van der Waals surface area (Å²) in [6, 6.07) is 8.77. The van der Waals surface area contributed by atoms with Crippen molar-refractivity contribution < 1.29 is 13.2 Å². The highest BCUT2D eigenvalue weighted by atomic mass is 32.2. The van der Waals surface area contributed by atoms with Gasteiger partial charge in [-0.3, -0.25) is 9.78 Å². The Morgan fingerprint density at radius 2 is 1.77 bits per heavy atom. The fraction of sp³-hybridized carbons (Fsp3) is 0.368. The molecule has 1 aromatic heterocycles. The number of hydrogen-bond donors (Lipinski definition) is 1. The van der Waals surface area contributed by atoms with Crippen molar-refractivity contribution in [3.8, 4) is 0 Å². The molecule has 138 valence electrons. The molecule has 6 nitrogen and oxygen atoms in total. The summed E-state index contributed by atoms with van der Waals surface area (Å²) in [5, 5.41) is 2.98. The van der Waals surface area contributed by atoms with Crippen LogP contribution in [0.5, 0.6) is 0 Å². The Hall–Kier alpha value is -2.25. The Bertz CT molecular complexity index is 890. The molecule has 0 unspecified atom stereocenters. The van der Waals surface area contributed by atoms with Crippen LogP contribution in [-0.4, -0.2) is 42.7 Å². The third-order valence-electron chi connectivity index (χ3n) is 4.69. The van der Waals surface area contributed by atoms with Crippen LogP contribution in [0.4, 0.5) is 0 Å². The molecule has 0 saturated carbocycles. The molecule has 7 heteroatoms. The Balaban J connectivity index is 1.65. The summed E-state index contributed by atoms with van der Waals surface area (Å²) in [7, 11) is -3.51. The zero-order valence-electron chi connectivity index (χ0n) is 15.0. The van der Waals surface area contributed by atoms with Gasteiger partial charge in [0.15, 0.2) is 0 Å². The number of rotatable bonds is 4. The maximum atomic E-state index is 12.9.